The van der Waals surface area contributed by atoms with Crippen LogP contribution in [-0.4, -0.2) is 18.2 Å². The first kappa shape index (κ1) is 15.2. The van der Waals surface area contributed by atoms with Gasteiger partial charge in [0.25, 0.3) is 0 Å². The van der Waals surface area contributed by atoms with Crippen molar-refractivity contribution in [3.8, 4) is 17.2 Å². The molecular formula is C15H15BrN2O3. The maximum Gasteiger partial charge on any atom is 0.173 e. The fourth-order valence-electron chi connectivity index (χ4n) is 1.79. The largest absolute Gasteiger partial charge is 0.497 e. The number of benzene rings is 2. The average Bonchev–Trinajstić information content (AvgIpc) is 2.49. The van der Waals surface area contributed by atoms with Crippen LogP contribution in [0.25, 0.3) is 0 Å². The Kier molecular flexibility index (Phi) is 4.70. The Labute approximate surface area is 131 Å². The van der Waals surface area contributed by atoms with Crippen LogP contribution in [0, 0.1) is 6.92 Å². The monoisotopic (exact) mass is 350 g/mol. The van der Waals surface area contributed by atoms with Gasteiger partial charge in [-0.15, -0.1) is 0 Å². The Balaban J connectivity index is 2.46. The summed E-state index contributed by atoms with van der Waals surface area (Å²) < 4.78 is 11.9. The molecule has 0 aromatic heterocycles. The molecule has 0 aliphatic rings. The minimum atomic E-state index is -0.0316. The number of nitrogens with zero attached hydrogens (tertiary/aromatic N) is 1. The van der Waals surface area contributed by atoms with Gasteiger partial charge in [-0.3, -0.25) is 0 Å². The quantitative estimate of drug-likeness (QED) is 0.382. The molecule has 0 saturated heterocycles. The Hall–Kier alpha value is -2.21. The van der Waals surface area contributed by atoms with Crippen LogP contribution >= 0.6 is 15.9 Å². The van der Waals surface area contributed by atoms with E-state index in [1.807, 2.05) is 25.1 Å². The van der Waals surface area contributed by atoms with E-state index in [-0.39, 0.29) is 5.84 Å². The zero-order valence-corrected chi connectivity index (χ0v) is 13.2. The highest BCUT2D eigenvalue weighted by atomic mass is 79.9. The third-order valence-corrected chi connectivity index (χ3v) is 3.50. The maximum absolute atomic E-state index is 8.86. The lowest BCUT2D eigenvalue weighted by Gasteiger charge is -2.13. The molecule has 2 aromatic rings. The summed E-state index contributed by atoms with van der Waals surface area (Å²) in [6, 6.07) is 10.8. The molecule has 0 aliphatic carbocycles. The van der Waals surface area contributed by atoms with Gasteiger partial charge in [-0.2, -0.15) is 0 Å². The van der Waals surface area contributed by atoms with Gasteiger partial charge in [-0.05, 0) is 52.7 Å². The lowest BCUT2D eigenvalue weighted by Crippen LogP contribution is -2.14. The number of rotatable bonds is 4. The van der Waals surface area contributed by atoms with Crippen molar-refractivity contribution < 1.29 is 14.7 Å². The molecule has 2 rings (SSSR count). The van der Waals surface area contributed by atoms with Crippen molar-refractivity contribution in [1.82, 2.24) is 0 Å². The van der Waals surface area contributed by atoms with Crippen molar-refractivity contribution in [2.45, 2.75) is 6.92 Å². The molecule has 2 aromatic carbocycles. The molecule has 0 radical (unpaired) electrons. The summed E-state index contributed by atoms with van der Waals surface area (Å²) >= 11 is 3.45. The second kappa shape index (κ2) is 6.49. The van der Waals surface area contributed by atoms with Gasteiger partial charge in [-0.1, -0.05) is 11.2 Å². The van der Waals surface area contributed by atoms with Gasteiger partial charge in [0, 0.05) is 6.07 Å². The number of oxime groups is 1. The molecule has 3 N–H and O–H groups in total. The van der Waals surface area contributed by atoms with E-state index < -0.39 is 0 Å². The van der Waals surface area contributed by atoms with Gasteiger partial charge in [-0.25, -0.2) is 0 Å². The van der Waals surface area contributed by atoms with E-state index in [1.54, 1.807) is 25.3 Å². The predicted octanol–water partition coefficient (Wildman–Crippen LogP) is 3.65. The SMILES string of the molecule is COc1ccc(/C(N)=N/O)c(Oc2ccc(C)cc2Br)c1. The number of ether oxygens (including phenoxy) is 2. The van der Waals surface area contributed by atoms with Gasteiger partial charge in [0.05, 0.1) is 17.1 Å². The van der Waals surface area contributed by atoms with Crippen molar-refractivity contribution >= 4 is 21.8 Å². The van der Waals surface area contributed by atoms with Crippen LogP contribution in [0.3, 0.4) is 0 Å². The third kappa shape index (κ3) is 3.46. The summed E-state index contributed by atoms with van der Waals surface area (Å²) in [7, 11) is 1.56. The van der Waals surface area contributed by atoms with Crippen LogP contribution in [0.1, 0.15) is 11.1 Å². The van der Waals surface area contributed by atoms with Crippen molar-refractivity contribution in [2.24, 2.45) is 10.9 Å². The fourth-order valence-corrected chi connectivity index (χ4v) is 2.36. The smallest absolute Gasteiger partial charge is 0.173 e. The minimum Gasteiger partial charge on any atom is -0.497 e. The molecule has 0 amide bonds. The van der Waals surface area contributed by atoms with Crippen LogP contribution in [0.2, 0.25) is 0 Å². The third-order valence-electron chi connectivity index (χ3n) is 2.88. The second-order valence-corrected chi connectivity index (χ2v) is 5.24. The summed E-state index contributed by atoms with van der Waals surface area (Å²) in [6.45, 7) is 1.99. The molecule has 0 bridgehead atoms. The van der Waals surface area contributed by atoms with E-state index in [9.17, 15) is 0 Å². The van der Waals surface area contributed by atoms with Crippen molar-refractivity contribution in [1.29, 1.82) is 0 Å². The number of hydrogen-bond acceptors (Lipinski definition) is 4. The lowest BCUT2D eigenvalue weighted by molar-refractivity contribution is 0.318. The lowest BCUT2D eigenvalue weighted by atomic mass is 10.1. The summed E-state index contributed by atoms with van der Waals surface area (Å²) in [5.41, 5.74) is 7.26. The van der Waals surface area contributed by atoms with Crippen LogP contribution in [0.15, 0.2) is 46.0 Å². The zero-order chi connectivity index (χ0) is 15.4. The second-order valence-electron chi connectivity index (χ2n) is 4.38. The van der Waals surface area contributed by atoms with Crippen LogP contribution in [0.5, 0.6) is 17.2 Å². The summed E-state index contributed by atoms with van der Waals surface area (Å²) in [6.07, 6.45) is 0. The highest BCUT2D eigenvalue weighted by Crippen LogP contribution is 2.34. The average molecular weight is 351 g/mol. The van der Waals surface area contributed by atoms with E-state index in [2.05, 4.69) is 21.1 Å². The van der Waals surface area contributed by atoms with Crippen LogP contribution in [-0.2, 0) is 0 Å². The minimum absolute atomic E-state index is 0.0316. The molecule has 0 fully saturated rings. The van der Waals surface area contributed by atoms with Gasteiger partial charge >= 0.3 is 0 Å². The molecule has 0 aliphatic heterocycles. The van der Waals surface area contributed by atoms with Gasteiger partial charge in [0.1, 0.15) is 17.2 Å². The number of nitrogens with two attached hydrogens (primary N) is 1. The normalized spacial score (nSPS) is 11.3. The molecule has 0 heterocycles. The van der Waals surface area contributed by atoms with Crippen LogP contribution < -0.4 is 15.2 Å². The molecule has 0 saturated carbocycles. The van der Waals surface area contributed by atoms with Gasteiger partial charge in [0.2, 0.25) is 0 Å². The first-order chi connectivity index (χ1) is 10.0. The van der Waals surface area contributed by atoms with E-state index in [0.717, 1.165) is 10.0 Å². The Morgan fingerprint density at radius 2 is 1.95 bits per heavy atom. The molecule has 0 spiro atoms. The molecule has 21 heavy (non-hydrogen) atoms. The van der Waals surface area contributed by atoms with Gasteiger partial charge < -0.3 is 20.4 Å². The number of amidine groups is 1. The molecule has 0 atom stereocenters. The number of aryl methyl sites for hydroxylation is 1. The Morgan fingerprint density at radius 3 is 2.57 bits per heavy atom. The first-order valence-corrected chi connectivity index (χ1v) is 6.94. The number of halogens is 1. The Bertz CT molecular complexity index is 687. The molecular weight excluding hydrogens is 336 g/mol. The van der Waals surface area contributed by atoms with Crippen molar-refractivity contribution in [3.05, 3.63) is 52.0 Å². The standard InChI is InChI=1S/C15H15BrN2O3/c1-9-3-6-13(12(16)7-9)21-14-8-10(20-2)4-5-11(14)15(17)18-19/h3-8,19H,1-2H3,(H2,17,18). The Morgan fingerprint density at radius 1 is 1.19 bits per heavy atom. The van der Waals surface area contributed by atoms with Crippen molar-refractivity contribution in [3.63, 3.8) is 0 Å². The van der Waals surface area contributed by atoms with Crippen LogP contribution in [0.4, 0.5) is 0 Å². The zero-order valence-electron chi connectivity index (χ0n) is 11.6. The summed E-state index contributed by atoms with van der Waals surface area (Å²) in [5, 5.41) is 11.9. The molecule has 0 unspecified atom stereocenters. The van der Waals surface area contributed by atoms with Crippen molar-refractivity contribution in [2.75, 3.05) is 7.11 Å². The molecule has 5 nitrogen and oxygen atoms in total. The highest BCUT2D eigenvalue weighted by molar-refractivity contribution is 9.10. The van der Waals surface area contributed by atoms with Gasteiger partial charge in [0.15, 0.2) is 5.84 Å². The van der Waals surface area contributed by atoms with E-state index >= 15 is 0 Å². The molecule has 110 valence electrons. The van der Waals surface area contributed by atoms with E-state index in [0.29, 0.717) is 22.8 Å². The molecule has 6 heteroatoms. The fraction of sp³-hybridized carbons (Fsp3) is 0.133. The maximum atomic E-state index is 8.86. The summed E-state index contributed by atoms with van der Waals surface area (Å²) in [5.74, 6) is 1.65. The number of hydrogen-bond donors (Lipinski definition) is 2. The van der Waals surface area contributed by atoms with E-state index in [1.165, 1.54) is 0 Å². The topological polar surface area (TPSA) is 77.1 Å². The van der Waals surface area contributed by atoms with E-state index in [4.69, 9.17) is 20.4 Å². The predicted molar refractivity (Wildman–Crippen MR) is 84.5 cm³/mol. The number of methoxy groups -OCH3 is 1. The first-order valence-electron chi connectivity index (χ1n) is 6.15. The summed E-state index contributed by atoms with van der Waals surface area (Å²) in [4.78, 5) is 0. The highest BCUT2D eigenvalue weighted by Gasteiger charge is 2.12.